The van der Waals surface area contributed by atoms with Gasteiger partial charge in [0.15, 0.2) is 11.0 Å². The van der Waals surface area contributed by atoms with Crippen LogP contribution in [0.3, 0.4) is 0 Å². The van der Waals surface area contributed by atoms with Crippen LogP contribution in [0.15, 0.2) is 75.9 Å². The lowest BCUT2D eigenvalue weighted by atomic mass is 9.83. The summed E-state index contributed by atoms with van der Waals surface area (Å²) in [7, 11) is 0. The molecule has 1 fully saturated rings. The number of fused-ring (bicyclic) bond motifs is 5. The van der Waals surface area contributed by atoms with E-state index in [1.807, 2.05) is 13.0 Å². The molecule has 1 spiro atoms. The number of aryl methyl sites for hydroxylation is 1. The summed E-state index contributed by atoms with van der Waals surface area (Å²) in [6.07, 6.45) is 1.29. The summed E-state index contributed by atoms with van der Waals surface area (Å²) in [5.41, 5.74) is 0.319. The first-order valence-corrected chi connectivity index (χ1v) is 13.1. The van der Waals surface area contributed by atoms with Crippen molar-refractivity contribution in [1.82, 2.24) is 4.90 Å². The molecule has 3 aliphatic heterocycles. The Balaban J connectivity index is 1.51. The summed E-state index contributed by atoms with van der Waals surface area (Å²) in [4.78, 5) is 46.0. The predicted octanol–water partition coefficient (Wildman–Crippen LogP) is 4.67. The van der Waals surface area contributed by atoms with E-state index in [4.69, 9.17) is 9.15 Å². The summed E-state index contributed by atoms with van der Waals surface area (Å²) in [6.45, 7) is 2.49. The molecule has 0 aliphatic carbocycles. The zero-order valence-corrected chi connectivity index (χ0v) is 21.3. The standard InChI is InChI=1S/C31H25FN2O5/c1-18-12-13-25-21(15-18)27(35)26-28(39-25)29(36)34(17-20-8-6-14-38-20)31(26)22-9-3-5-11-24(22)33(30(31)37)16-19-7-2-4-10-23(19)32/h2-5,7,9-13,15,20H,6,8,14,16-17H2,1H3/t20-,31+/m1/s1. The van der Waals surface area contributed by atoms with E-state index in [9.17, 15) is 18.8 Å². The van der Waals surface area contributed by atoms with Gasteiger partial charge in [-0.15, -0.1) is 0 Å². The number of hydrogen-bond donors (Lipinski definition) is 0. The summed E-state index contributed by atoms with van der Waals surface area (Å²) in [6, 6.07) is 18.6. The zero-order valence-electron chi connectivity index (χ0n) is 21.3. The average Bonchev–Trinajstić information content (AvgIpc) is 3.60. The Bertz CT molecular complexity index is 1740. The van der Waals surface area contributed by atoms with Gasteiger partial charge in [-0.05, 0) is 44.0 Å². The third kappa shape index (κ3) is 3.27. The van der Waals surface area contributed by atoms with Gasteiger partial charge in [0.1, 0.15) is 11.4 Å². The van der Waals surface area contributed by atoms with Crippen LogP contribution in [0.4, 0.5) is 10.1 Å². The van der Waals surface area contributed by atoms with E-state index in [1.54, 1.807) is 54.6 Å². The monoisotopic (exact) mass is 524 g/mol. The second-order valence-electron chi connectivity index (χ2n) is 10.4. The van der Waals surface area contributed by atoms with Crippen molar-refractivity contribution in [2.45, 2.75) is 38.0 Å². The Hall–Kier alpha value is -4.30. The molecule has 1 saturated heterocycles. The molecule has 0 bridgehead atoms. The second-order valence-corrected chi connectivity index (χ2v) is 10.4. The van der Waals surface area contributed by atoms with E-state index in [2.05, 4.69) is 0 Å². The first-order valence-electron chi connectivity index (χ1n) is 13.1. The molecule has 0 N–H and O–H groups in total. The number of benzene rings is 3. The molecular formula is C31H25FN2O5. The molecule has 4 aromatic rings. The lowest BCUT2D eigenvalue weighted by Gasteiger charge is -2.35. The fourth-order valence-electron chi connectivity index (χ4n) is 6.30. The third-order valence-corrected chi connectivity index (χ3v) is 8.09. The van der Waals surface area contributed by atoms with Gasteiger partial charge in [0.2, 0.25) is 5.76 Å². The molecule has 3 aromatic carbocycles. The van der Waals surface area contributed by atoms with Crippen molar-refractivity contribution in [3.8, 4) is 0 Å². The lowest BCUT2D eigenvalue weighted by Crippen LogP contribution is -2.55. The van der Waals surface area contributed by atoms with Gasteiger partial charge in [0.25, 0.3) is 11.8 Å². The topological polar surface area (TPSA) is 80.1 Å². The second kappa shape index (κ2) is 8.61. The highest BCUT2D eigenvalue weighted by Crippen LogP contribution is 2.53. The van der Waals surface area contributed by atoms with Gasteiger partial charge >= 0.3 is 0 Å². The predicted molar refractivity (Wildman–Crippen MR) is 142 cm³/mol. The van der Waals surface area contributed by atoms with Crippen molar-refractivity contribution in [3.63, 3.8) is 0 Å². The number of halogens is 1. The maximum atomic E-state index is 14.8. The molecule has 39 heavy (non-hydrogen) atoms. The number of carbonyl (C=O) groups is 2. The Morgan fingerprint density at radius 1 is 1.03 bits per heavy atom. The number of carbonyl (C=O) groups excluding carboxylic acids is 2. The molecule has 1 aromatic heterocycles. The average molecular weight is 525 g/mol. The molecule has 0 unspecified atom stereocenters. The molecule has 7 rings (SSSR count). The highest BCUT2D eigenvalue weighted by molar-refractivity contribution is 6.17. The molecule has 196 valence electrons. The van der Waals surface area contributed by atoms with Gasteiger partial charge in [-0.3, -0.25) is 14.4 Å². The summed E-state index contributed by atoms with van der Waals surface area (Å²) < 4.78 is 26.7. The van der Waals surface area contributed by atoms with Crippen molar-refractivity contribution >= 4 is 28.5 Å². The van der Waals surface area contributed by atoms with Crippen LogP contribution in [-0.2, 0) is 21.6 Å². The van der Waals surface area contributed by atoms with E-state index in [-0.39, 0.29) is 36.1 Å². The minimum atomic E-state index is -1.75. The SMILES string of the molecule is Cc1ccc2oc3c(c(=O)c2c1)[C@@]1(C(=O)N(Cc2ccccc2F)c2ccccc21)N(C[C@H]1CCCO1)C3=O. The number of amides is 2. The summed E-state index contributed by atoms with van der Waals surface area (Å²) in [5.74, 6) is -1.60. The normalized spacial score (nSPS) is 21.8. The Morgan fingerprint density at radius 3 is 2.62 bits per heavy atom. The molecule has 2 amide bonds. The van der Waals surface area contributed by atoms with E-state index in [0.29, 0.717) is 28.8 Å². The first-order chi connectivity index (χ1) is 18.9. The van der Waals surface area contributed by atoms with Crippen molar-refractivity contribution in [1.29, 1.82) is 0 Å². The van der Waals surface area contributed by atoms with Crippen molar-refractivity contribution in [2.75, 3.05) is 18.1 Å². The van der Waals surface area contributed by atoms with Gasteiger partial charge in [-0.25, -0.2) is 4.39 Å². The molecule has 4 heterocycles. The van der Waals surface area contributed by atoms with Gasteiger partial charge in [-0.2, -0.15) is 0 Å². The van der Waals surface area contributed by atoms with Crippen molar-refractivity contribution in [2.24, 2.45) is 0 Å². The number of anilines is 1. The van der Waals surface area contributed by atoms with Crippen LogP contribution in [0, 0.1) is 12.7 Å². The summed E-state index contributed by atoms with van der Waals surface area (Å²) in [5, 5.41) is 0.303. The van der Waals surface area contributed by atoms with E-state index in [1.165, 1.54) is 15.9 Å². The molecule has 0 saturated carbocycles. The van der Waals surface area contributed by atoms with E-state index >= 15 is 0 Å². The third-order valence-electron chi connectivity index (χ3n) is 8.09. The van der Waals surface area contributed by atoms with Crippen LogP contribution >= 0.6 is 0 Å². The van der Waals surface area contributed by atoms with Gasteiger partial charge in [-0.1, -0.05) is 48.0 Å². The lowest BCUT2D eigenvalue weighted by molar-refractivity contribution is -0.126. The Kier molecular flexibility index (Phi) is 5.25. The van der Waals surface area contributed by atoms with Crippen LogP contribution in [0.25, 0.3) is 11.0 Å². The zero-order chi connectivity index (χ0) is 26.9. The van der Waals surface area contributed by atoms with Crippen LogP contribution < -0.4 is 10.3 Å². The van der Waals surface area contributed by atoms with Gasteiger partial charge in [0.05, 0.1) is 29.3 Å². The minimum absolute atomic E-state index is 0.0112. The Morgan fingerprint density at radius 2 is 1.82 bits per heavy atom. The van der Waals surface area contributed by atoms with Gasteiger partial charge in [0, 0.05) is 24.3 Å². The van der Waals surface area contributed by atoms with Crippen LogP contribution in [-0.4, -0.2) is 36.0 Å². The van der Waals surface area contributed by atoms with Crippen molar-refractivity contribution < 1.29 is 23.1 Å². The van der Waals surface area contributed by atoms with E-state index in [0.717, 1.165) is 18.4 Å². The molecule has 7 nitrogen and oxygen atoms in total. The van der Waals surface area contributed by atoms with Crippen LogP contribution in [0.1, 0.15) is 45.7 Å². The molecule has 2 atom stereocenters. The molecule has 0 radical (unpaired) electrons. The first kappa shape index (κ1) is 23.8. The highest BCUT2D eigenvalue weighted by atomic mass is 19.1. The molecular weight excluding hydrogens is 499 g/mol. The van der Waals surface area contributed by atoms with Crippen LogP contribution in [0.5, 0.6) is 0 Å². The van der Waals surface area contributed by atoms with Crippen molar-refractivity contribution in [3.05, 3.63) is 111 Å². The smallest absolute Gasteiger partial charge is 0.291 e. The summed E-state index contributed by atoms with van der Waals surface area (Å²) >= 11 is 0. The maximum absolute atomic E-state index is 14.8. The van der Waals surface area contributed by atoms with E-state index < -0.39 is 28.6 Å². The number of rotatable bonds is 4. The highest BCUT2D eigenvalue weighted by Gasteiger charge is 2.65. The Labute approximate surface area is 223 Å². The molecule has 3 aliphatic rings. The maximum Gasteiger partial charge on any atom is 0.291 e. The number of ether oxygens (including phenoxy) is 1. The van der Waals surface area contributed by atoms with Crippen LogP contribution in [0.2, 0.25) is 0 Å². The quantitative estimate of drug-likeness (QED) is 0.388. The largest absolute Gasteiger partial charge is 0.450 e. The fraction of sp³-hybridized carbons (Fsp3) is 0.258. The number of hydrogen-bond acceptors (Lipinski definition) is 5. The van der Waals surface area contributed by atoms with Gasteiger partial charge < -0.3 is 19.0 Å². The molecule has 8 heteroatoms. The minimum Gasteiger partial charge on any atom is -0.450 e. The fourth-order valence-corrected chi connectivity index (χ4v) is 6.30. The number of nitrogens with zero attached hydrogens (tertiary/aromatic N) is 2. The number of para-hydroxylation sites is 1.